The molecule has 1 aliphatic heterocycles. The van der Waals surface area contributed by atoms with E-state index in [9.17, 15) is 13.9 Å². The maximum absolute atomic E-state index is 13.9. The number of ether oxygens (including phenoxy) is 1. The predicted octanol–water partition coefficient (Wildman–Crippen LogP) is 5.22. The molecule has 3 atom stereocenters. The third-order valence-electron chi connectivity index (χ3n) is 7.21. The number of nitrogens with zero attached hydrogens (tertiary/aromatic N) is 2. The van der Waals surface area contributed by atoms with E-state index in [1.54, 1.807) is 14.2 Å². The van der Waals surface area contributed by atoms with Gasteiger partial charge in [-0.1, -0.05) is 0 Å². The molecule has 1 fully saturated rings. The van der Waals surface area contributed by atoms with Crippen LogP contribution in [0.1, 0.15) is 30.9 Å². The summed E-state index contributed by atoms with van der Waals surface area (Å²) in [6.07, 6.45) is 4.59. The number of piperidine rings is 1. The lowest BCUT2D eigenvalue weighted by molar-refractivity contribution is 0.0434. The smallest absolute Gasteiger partial charge is 0.136 e. The second-order valence-electron chi connectivity index (χ2n) is 9.45. The van der Waals surface area contributed by atoms with Crippen molar-refractivity contribution >= 4 is 22.7 Å². The predicted molar refractivity (Wildman–Crippen MR) is 143 cm³/mol. The summed E-state index contributed by atoms with van der Waals surface area (Å²) < 4.78 is 32.8. The maximum Gasteiger partial charge on any atom is 0.136 e. The fourth-order valence-corrected chi connectivity index (χ4v) is 6.17. The molecular formula is C28H35F2N3O3S. The number of hydrogen-bond donors (Lipinski definition) is 2. The van der Waals surface area contributed by atoms with Gasteiger partial charge in [-0.2, -0.15) is 5.48 Å². The van der Waals surface area contributed by atoms with Gasteiger partial charge in [0.25, 0.3) is 0 Å². The number of likely N-dealkylation sites (tertiary alicyclic amines) is 1. The number of nitrogens with one attached hydrogen (secondary N) is 1. The number of halogens is 2. The summed E-state index contributed by atoms with van der Waals surface area (Å²) in [5.74, 6) is 1.19. The number of fused-ring (bicyclic) bond motifs is 1. The quantitative estimate of drug-likeness (QED) is 0.246. The van der Waals surface area contributed by atoms with Crippen LogP contribution in [0.2, 0.25) is 0 Å². The molecule has 200 valence electrons. The minimum Gasteiger partial charge on any atom is -0.497 e. The van der Waals surface area contributed by atoms with Gasteiger partial charge in [-0.05, 0) is 85.7 Å². The monoisotopic (exact) mass is 531 g/mol. The van der Waals surface area contributed by atoms with Crippen molar-refractivity contribution < 1.29 is 23.5 Å². The maximum atomic E-state index is 13.9. The Bertz CT molecular complexity index is 1170. The number of thioether (sulfide) groups is 1. The van der Waals surface area contributed by atoms with E-state index < -0.39 is 11.6 Å². The molecule has 2 heterocycles. The summed E-state index contributed by atoms with van der Waals surface area (Å²) in [5.41, 5.74) is 5.16. The summed E-state index contributed by atoms with van der Waals surface area (Å²) in [7, 11) is 3.28. The summed E-state index contributed by atoms with van der Waals surface area (Å²) in [6.45, 7) is 2.61. The van der Waals surface area contributed by atoms with Crippen LogP contribution in [0.25, 0.3) is 10.9 Å². The lowest BCUT2D eigenvalue weighted by atomic mass is 9.81. The van der Waals surface area contributed by atoms with Crippen molar-refractivity contribution in [2.75, 3.05) is 46.2 Å². The van der Waals surface area contributed by atoms with Gasteiger partial charge in [-0.3, -0.25) is 4.98 Å². The van der Waals surface area contributed by atoms with Crippen molar-refractivity contribution in [3.8, 4) is 5.75 Å². The van der Waals surface area contributed by atoms with E-state index in [0.29, 0.717) is 16.6 Å². The fraction of sp³-hybridized carbons (Fsp3) is 0.464. The van der Waals surface area contributed by atoms with Gasteiger partial charge < -0.3 is 19.6 Å². The van der Waals surface area contributed by atoms with Crippen molar-refractivity contribution in [1.29, 1.82) is 0 Å². The zero-order chi connectivity index (χ0) is 26.2. The number of methoxy groups -OCH3 is 1. The number of pyridine rings is 1. The fourth-order valence-electron chi connectivity index (χ4n) is 5.20. The first-order valence-electron chi connectivity index (χ1n) is 12.6. The van der Waals surface area contributed by atoms with Gasteiger partial charge in [0, 0.05) is 41.9 Å². The molecule has 1 saturated heterocycles. The van der Waals surface area contributed by atoms with E-state index >= 15 is 0 Å². The third-order valence-corrected chi connectivity index (χ3v) is 8.22. The molecule has 2 aromatic carbocycles. The highest BCUT2D eigenvalue weighted by atomic mass is 32.2. The van der Waals surface area contributed by atoms with Crippen LogP contribution in [0.4, 0.5) is 8.78 Å². The lowest BCUT2D eigenvalue weighted by Crippen LogP contribution is -2.43. The zero-order valence-corrected chi connectivity index (χ0v) is 22.1. The third kappa shape index (κ3) is 7.18. The van der Waals surface area contributed by atoms with Crippen LogP contribution in [-0.2, 0) is 4.84 Å². The van der Waals surface area contributed by atoms with E-state index in [-0.39, 0.29) is 18.6 Å². The molecule has 1 aliphatic rings. The Labute approximate surface area is 221 Å². The molecule has 0 amide bonds. The second kappa shape index (κ2) is 13.5. The molecule has 6 nitrogen and oxygen atoms in total. The molecule has 0 radical (unpaired) electrons. The van der Waals surface area contributed by atoms with E-state index in [4.69, 9.17) is 9.57 Å². The van der Waals surface area contributed by atoms with Gasteiger partial charge in [0.05, 0.1) is 25.8 Å². The molecule has 4 rings (SSSR count). The SMILES string of the molecule is CON[C@@H](CC[C@@H]1CCN(CCSc2cc(F)ccc2F)C[C@@H]1CO)c1ccnc2ccc(OC)cc12. The molecule has 0 unspecified atom stereocenters. The molecule has 0 saturated carbocycles. The normalized spacial score (nSPS) is 19.3. The number of aromatic nitrogens is 1. The highest BCUT2D eigenvalue weighted by molar-refractivity contribution is 7.99. The second-order valence-corrected chi connectivity index (χ2v) is 10.6. The van der Waals surface area contributed by atoms with E-state index in [1.165, 1.54) is 23.9 Å². The Morgan fingerprint density at radius 2 is 2.03 bits per heavy atom. The van der Waals surface area contributed by atoms with Crippen LogP contribution in [0, 0.1) is 23.5 Å². The van der Waals surface area contributed by atoms with Gasteiger partial charge in [-0.25, -0.2) is 8.78 Å². The zero-order valence-electron chi connectivity index (χ0n) is 21.3. The minimum atomic E-state index is -0.426. The van der Waals surface area contributed by atoms with Crippen molar-refractivity contribution in [2.45, 2.75) is 30.2 Å². The topological polar surface area (TPSA) is 66.9 Å². The number of aliphatic hydroxyl groups is 1. The number of hydrogen-bond acceptors (Lipinski definition) is 7. The van der Waals surface area contributed by atoms with Crippen LogP contribution in [0.15, 0.2) is 53.6 Å². The number of hydroxylamine groups is 1. The van der Waals surface area contributed by atoms with Gasteiger partial charge in [0.1, 0.15) is 17.4 Å². The molecule has 1 aromatic heterocycles. The molecule has 3 aromatic rings. The first-order valence-corrected chi connectivity index (χ1v) is 13.6. The molecule has 9 heteroatoms. The number of rotatable bonds is 12. The van der Waals surface area contributed by atoms with Crippen LogP contribution in [-0.4, -0.2) is 61.2 Å². The molecular weight excluding hydrogens is 496 g/mol. The first-order chi connectivity index (χ1) is 18.0. The number of benzene rings is 2. The van der Waals surface area contributed by atoms with Crippen LogP contribution in [0.5, 0.6) is 5.75 Å². The van der Waals surface area contributed by atoms with Crippen LogP contribution >= 0.6 is 11.8 Å². The summed E-state index contributed by atoms with van der Waals surface area (Å²) in [6, 6.07) is 11.4. The Morgan fingerprint density at radius 3 is 2.81 bits per heavy atom. The summed E-state index contributed by atoms with van der Waals surface area (Å²) in [4.78, 5) is 12.5. The average Bonchev–Trinajstić information content (AvgIpc) is 2.92. The van der Waals surface area contributed by atoms with Crippen LogP contribution in [0.3, 0.4) is 0 Å². The standard InChI is InChI=1S/C28H35F2N3O3S/c1-35-22-5-8-26-24(16-22)23(9-11-31-26)27(32-36-2)7-3-19-10-12-33(17-20(19)18-34)13-14-37-28-15-21(29)4-6-25(28)30/h4-6,8-9,11,15-16,19-20,27,32,34H,3,7,10,12-14,17-18H2,1-2H3/t19-,20-,27+/m1/s1. The Hall–Kier alpha value is -2.30. The van der Waals surface area contributed by atoms with E-state index in [1.807, 2.05) is 30.5 Å². The first kappa shape index (κ1) is 27.7. The van der Waals surface area contributed by atoms with Crippen molar-refractivity contribution in [1.82, 2.24) is 15.4 Å². The Balaban J connectivity index is 1.35. The highest BCUT2D eigenvalue weighted by Gasteiger charge is 2.29. The Kier molecular flexibility index (Phi) is 10.1. The highest BCUT2D eigenvalue weighted by Crippen LogP contribution is 2.34. The van der Waals surface area contributed by atoms with Gasteiger partial charge >= 0.3 is 0 Å². The van der Waals surface area contributed by atoms with Gasteiger partial charge in [-0.15, -0.1) is 11.8 Å². The van der Waals surface area contributed by atoms with Gasteiger partial charge in [0.15, 0.2) is 0 Å². The lowest BCUT2D eigenvalue weighted by Gasteiger charge is -2.38. The minimum absolute atomic E-state index is 0.0301. The van der Waals surface area contributed by atoms with Gasteiger partial charge in [0.2, 0.25) is 0 Å². The molecule has 2 N–H and O–H groups in total. The molecule has 0 spiro atoms. The van der Waals surface area contributed by atoms with Crippen molar-refractivity contribution in [3.05, 3.63) is 65.9 Å². The Morgan fingerprint density at radius 1 is 1.16 bits per heavy atom. The largest absolute Gasteiger partial charge is 0.497 e. The number of aliphatic hydroxyl groups excluding tert-OH is 1. The van der Waals surface area contributed by atoms with Crippen LogP contribution < -0.4 is 10.2 Å². The molecule has 0 bridgehead atoms. The van der Waals surface area contributed by atoms with E-state index in [0.717, 1.165) is 67.2 Å². The molecule has 0 aliphatic carbocycles. The average molecular weight is 532 g/mol. The van der Waals surface area contributed by atoms with Crippen molar-refractivity contribution in [2.24, 2.45) is 11.8 Å². The van der Waals surface area contributed by atoms with Crippen molar-refractivity contribution in [3.63, 3.8) is 0 Å². The summed E-state index contributed by atoms with van der Waals surface area (Å²) >= 11 is 1.33. The van der Waals surface area contributed by atoms with E-state index in [2.05, 4.69) is 15.4 Å². The molecule has 37 heavy (non-hydrogen) atoms. The summed E-state index contributed by atoms with van der Waals surface area (Å²) in [5, 5.41) is 11.2.